The van der Waals surface area contributed by atoms with E-state index in [9.17, 15) is 8.78 Å². The third-order valence-electron chi connectivity index (χ3n) is 4.86. The van der Waals surface area contributed by atoms with Gasteiger partial charge in [-0.1, -0.05) is 100 Å². The van der Waals surface area contributed by atoms with Crippen molar-refractivity contribution < 1.29 is 8.78 Å². The Morgan fingerprint density at radius 3 is 1.88 bits per heavy atom. The van der Waals surface area contributed by atoms with E-state index in [1.807, 2.05) is 69.3 Å². The molecule has 0 saturated heterocycles. The molecule has 0 aromatic heterocycles. The highest BCUT2D eigenvalue weighted by Gasteiger charge is 2.18. The molecule has 3 rings (SSSR count). The molecular weight excluding hydrogens is 412 g/mol. The summed E-state index contributed by atoms with van der Waals surface area (Å²) in [5, 5.41) is 0. The summed E-state index contributed by atoms with van der Waals surface area (Å²) in [6, 6.07) is 20.2. The monoisotopic (exact) mass is 451 g/mol. The lowest BCUT2D eigenvalue weighted by molar-refractivity contribution is 0.364. The summed E-state index contributed by atoms with van der Waals surface area (Å²) in [6.45, 7) is 8.01. The van der Waals surface area contributed by atoms with Crippen LogP contribution in [0.5, 0.6) is 0 Å². The minimum absolute atomic E-state index is 0.0163. The Morgan fingerprint density at radius 1 is 1.00 bits per heavy atom. The van der Waals surface area contributed by atoms with Crippen LogP contribution in [0.15, 0.2) is 96.4 Å². The van der Waals surface area contributed by atoms with E-state index in [0.29, 0.717) is 0 Å². The van der Waals surface area contributed by atoms with Crippen LogP contribution in [0.2, 0.25) is 0 Å². The standard InChI is InChI=1S/C13H18F2.C13H13N.C2H6.C2H2/c1-3-5-10(6-4-2)11-7-12(14)9-13(15)8-11;14-13(11-7-3-1-4-8-11)12-9-5-2-6-10-12;2*1-2/h3,5,7-8,10,12H,4,6,9H2,1-2H3;1-10,13H,14H2;1-2H3;1-2H/b5-3-;;;/t10-,12?;;;/m1.../s1. The molecule has 1 aliphatic carbocycles. The molecule has 0 fully saturated rings. The lowest BCUT2D eigenvalue weighted by Crippen LogP contribution is -2.11. The Morgan fingerprint density at radius 2 is 1.48 bits per heavy atom. The van der Waals surface area contributed by atoms with Gasteiger partial charge in [-0.05, 0) is 42.2 Å². The van der Waals surface area contributed by atoms with Crippen molar-refractivity contribution in [2.75, 3.05) is 0 Å². The molecule has 0 amide bonds. The average molecular weight is 452 g/mol. The fourth-order valence-electron chi connectivity index (χ4n) is 3.40. The van der Waals surface area contributed by atoms with Gasteiger partial charge in [-0.15, -0.1) is 12.8 Å². The van der Waals surface area contributed by atoms with E-state index in [4.69, 9.17) is 5.73 Å². The van der Waals surface area contributed by atoms with Crippen molar-refractivity contribution >= 4 is 0 Å². The average Bonchev–Trinajstić information content (AvgIpc) is 2.87. The van der Waals surface area contributed by atoms with Crippen LogP contribution in [0, 0.1) is 18.8 Å². The molecule has 1 unspecified atom stereocenters. The normalized spacial score (nSPS) is 15.5. The zero-order valence-corrected chi connectivity index (χ0v) is 20.4. The van der Waals surface area contributed by atoms with Gasteiger partial charge in [-0.3, -0.25) is 0 Å². The Balaban J connectivity index is 0.000000540. The lowest BCUT2D eigenvalue weighted by Gasteiger charge is -2.18. The highest BCUT2D eigenvalue weighted by atomic mass is 19.1. The van der Waals surface area contributed by atoms with Crippen molar-refractivity contribution in [1.29, 1.82) is 0 Å². The zero-order chi connectivity index (χ0) is 25.1. The molecule has 0 bridgehead atoms. The van der Waals surface area contributed by atoms with Crippen molar-refractivity contribution in [3.8, 4) is 12.8 Å². The van der Waals surface area contributed by atoms with Crippen molar-refractivity contribution in [3.63, 3.8) is 0 Å². The van der Waals surface area contributed by atoms with Gasteiger partial charge in [0.15, 0.2) is 0 Å². The van der Waals surface area contributed by atoms with Crippen molar-refractivity contribution in [3.05, 3.63) is 107 Å². The molecule has 33 heavy (non-hydrogen) atoms. The van der Waals surface area contributed by atoms with Crippen molar-refractivity contribution in [2.24, 2.45) is 11.7 Å². The molecule has 178 valence electrons. The quantitative estimate of drug-likeness (QED) is 0.346. The van der Waals surface area contributed by atoms with Gasteiger partial charge in [0.25, 0.3) is 0 Å². The van der Waals surface area contributed by atoms with E-state index < -0.39 is 6.17 Å². The van der Waals surface area contributed by atoms with Crippen LogP contribution in [0.4, 0.5) is 8.78 Å². The maximum absolute atomic E-state index is 13.1. The minimum Gasteiger partial charge on any atom is -0.320 e. The molecule has 3 heteroatoms. The zero-order valence-electron chi connectivity index (χ0n) is 20.4. The summed E-state index contributed by atoms with van der Waals surface area (Å²) in [4.78, 5) is 0. The number of alkyl halides is 1. The number of benzene rings is 2. The van der Waals surface area contributed by atoms with Crippen LogP contribution in [-0.2, 0) is 0 Å². The maximum Gasteiger partial charge on any atom is 0.125 e. The highest BCUT2D eigenvalue weighted by molar-refractivity contribution is 5.32. The van der Waals surface area contributed by atoms with Gasteiger partial charge in [-0.2, -0.15) is 0 Å². The minimum atomic E-state index is -1.16. The van der Waals surface area contributed by atoms with Crippen molar-refractivity contribution in [2.45, 2.75) is 59.2 Å². The third kappa shape index (κ3) is 11.5. The maximum atomic E-state index is 13.1. The third-order valence-corrected chi connectivity index (χ3v) is 4.86. The fourth-order valence-corrected chi connectivity index (χ4v) is 3.40. The smallest absolute Gasteiger partial charge is 0.125 e. The number of hydrogen-bond acceptors (Lipinski definition) is 1. The second-order valence-corrected chi connectivity index (χ2v) is 7.20. The number of hydrogen-bond donors (Lipinski definition) is 1. The summed E-state index contributed by atoms with van der Waals surface area (Å²) in [7, 11) is 0. The van der Waals surface area contributed by atoms with Crippen LogP contribution < -0.4 is 5.73 Å². The van der Waals surface area contributed by atoms with E-state index in [1.54, 1.807) is 6.08 Å². The molecule has 2 aromatic carbocycles. The fraction of sp³-hybridized carbons (Fsp3) is 0.333. The summed E-state index contributed by atoms with van der Waals surface area (Å²) < 4.78 is 26.2. The SMILES string of the molecule is C#C.C/C=C\[C@H](CCC)C1=CC(F)CC(F)=C1.CC.NC(c1ccccc1)c1ccccc1. The van der Waals surface area contributed by atoms with E-state index in [2.05, 4.69) is 44.0 Å². The molecule has 1 nitrogen and oxygen atoms in total. The van der Waals surface area contributed by atoms with Gasteiger partial charge in [0.1, 0.15) is 12.0 Å². The van der Waals surface area contributed by atoms with Crippen LogP contribution in [0.25, 0.3) is 0 Å². The molecule has 0 spiro atoms. The second-order valence-electron chi connectivity index (χ2n) is 7.20. The Bertz CT molecular complexity index is 811. The van der Waals surface area contributed by atoms with Gasteiger partial charge in [0.2, 0.25) is 0 Å². The molecule has 0 aliphatic heterocycles. The first-order valence-electron chi connectivity index (χ1n) is 11.6. The van der Waals surface area contributed by atoms with Crippen LogP contribution in [0.3, 0.4) is 0 Å². The van der Waals surface area contributed by atoms with Gasteiger partial charge in [0, 0.05) is 12.3 Å². The Labute approximate surface area is 200 Å². The first-order valence-corrected chi connectivity index (χ1v) is 11.6. The van der Waals surface area contributed by atoms with E-state index in [1.165, 1.54) is 6.08 Å². The molecule has 0 saturated carbocycles. The second kappa shape index (κ2) is 18.6. The Kier molecular flexibility index (Phi) is 16.9. The number of halogens is 2. The Hall–Kier alpha value is -2.96. The van der Waals surface area contributed by atoms with Crippen LogP contribution in [-0.4, -0.2) is 6.17 Å². The number of rotatable bonds is 6. The topological polar surface area (TPSA) is 26.0 Å². The summed E-state index contributed by atoms with van der Waals surface area (Å²) in [5.74, 6) is -0.185. The predicted octanol–water partition coefficient (Wildman–Crippen LogP) is 8.51. The van der Waals surface area contributed by atoms with Crippen LogP contribution >= 0.6 is 0 Å². The molecular formula is C30H39F2N. The number of nitrogens with two attached hydrogens (primary N) is 1. The van der Waals surface area contributed by atoms with E-state index >= 15 is 0 Å². The van der Waals surface area contributed by atoms with E-state index in [-0.39, 0.29) is 24.2 Å². The molecule has 0 radical (unpaired) electrons. The van der Waals surface area contributed by atoms with E-state index in [0.717, 1.165) is 29.5 Å². The summed E-state index contributed by atoms with van der Waals surface area (Å²) in [5.41, 5.74) is 9.20. The van der Waals surface area contributed by atoms with Crippen LogP contribution in [0.1, 0.15) is 64.1 Å². The van der Waals surface area contributed by atoms with Gasteiger partial charge >= 0.3 is 0 Å². The summed E-state index contributed by atoms with van der Waals surface area (Å²) >= 11 is 0. The molecule has 2 N–H and O–H groups in total. The largest absolute Gasteiger partial charge is 0.320 e. The molecule has 0 heterocycles. The van der Waals surface area contributed by atoms with Gasteiger partial charge < -0.3 is 5.73 Å². The van der Waals surface area contributed by atoms with Gasteiger partial charge in [0.05, 0.1) is 6.04 Å². The molecule has 1 aliphatic rings. The number of terminal acetylenes is 1. The summed E-state index contributed by atoms with van der Waals surface area (Å²) in [6.07, 6.45) is 15.7. The van der Waals surface area contributed by atoms with Crippen molar-refractivity contribution in [1.82, 2.24) is 0 Å². The molecule has 2 aromatic rings. The molecule has 2 atom stereocenters. The highest BCUT2D eigenvalue weighted by Crippen LogP contribution is 2.29. The first kappa shape index (κ1) is 30.0. The number of allylic oxidation sites excluding steroid dienone is 6. The first-order chi connectivity index (χ1) is 16.0. The predicted molar refractivity (Wildman–Crippen MR) is 140 cm³/mol. The van der Waals surface area contributed by atoms with Gasteiger partial charge in [-0.25, -0.2) is 8.78 Å². The lowest BCUT2D eigenvalue weighted by atomic mass is 9.89.